The summed E-state index contributed by atoms with van der Waals surface area (Å²) in [4.78, 5) is 15.6. The van der Waals surface area contributed by atoms with Gasteiger partial charge in [-0.05, 0) is 12.3 Å². The summed E-state index contributed by atoms with van der Waals surface area (Å²) in [6.45, 7) is 4.72. The Labute approximate surface area is 96.0 Å². The lowest BCUT2D eigenvalue weighted by molar-refractivity contribution is 0.0945. The molecule has 0 spiro atoms. The van der Waals surface area contributed by atoms with E-state index in [1.165, 1.54) is 0 Å². The van der Waals surface area contributed by atoms with Crippen LogP contribution in [-0.2, 0) is 7.05 Å². The molecule has 1 atom stereocenters. The molecule has 0 radical (unpaired) electrons. The molecular formula is C11H20N4O. The molecule has 0 fully saturated rings. The van der Waals surface area contributed by atoms with Gasteiger partial charge in [0.15, 0.2) is 0 Å². The number of rotatable bonds is 5. The van der Waals surface area contributed by atoms with E-state index >= 15 is 0 Å². The molecule has 0 aromatic carbocycles. The molecule has 16 heavy (non-hydrogen) atoms. The quantitative estimate of drug-likeness (QED) is 0.766. The topological polar surface area (TPSA) is 72.9 Å². The number of hydrogen-bond acceptors (Lipinski definition) is 3. The van der Waals surface area contributed by atoms with Gasteiger partial charge in [-0.1, -0.05) is 13.8 Å². The predicted octanol–water partition coefficient (Wildman–Crippen LogP) is 0.523. The molecule has 0 saturated heterocycles. The van der Waals surface area contributed by atoms with Crippen LogP contribution in [0.1, 0.15) is 30.8 Å². The maximum atomic E-state index is 11.6. The molecule has 1 aromatic heterocycles. The van der Waals surface area contributed by atoms with Gasteiger partial charge in [-0.2, -0.15) is 0 Å². The Kier molecular flexibility index (Phi) is 4.49. The lowest BCUT2D eigenvalue weighted by atomic mass is 10.0. The molecule has 3 N–H and O–H groups in total. The van der Waals surface area contributed by atoms with Gasteiger partial charge in [0.25, 0.3) is 5.91 Å². The summed E-state index contributed by atoms with van der Waals surface area (Å²) in [5.41, 5.74) is 6.30. The van der Waals surface area contributed by atoms with Crippen molar-refractivity contribution in [3.63, 3.8) is 0 Å². The van der Waals surface area contributed by atoms with Crippen LogP contribution in [0.4, 0.5) is 0 Å². The van der Waals surface area contributed by atoms with Gasteiger partial charge in [0.1, 0.15) is 5.69 Å². The second kappa shape index (κ2) is 5.65. The van der Waals surface area contributed by atoms with E-state index in [2.05, 4.69) is 24.1 Å². The van der Waals surface area contributed by atoms with E-state index in [-0.39, 0.29) is 11.9 Å². The second-order valence-electron chi connectivity index (χ2n) is 4.52. The summed E-state index contributed by atoms with van der Waals surface area (Å²) < 4.78 is 1.74. The van der Waals surface area contributed by atoms with Crippen LogP contribution in [0.3, 0.4) is 0 Å². The van der Waals surface area contributed by atoms with Gasteiger partial charge in [-0.15, -0.1) is 0 Å². The Bertz CT molecular complexity index is 346. The first-order valence-corrected chi connectivity index (χ1v) is 5.50. The lowest BCUT2D eigenvalue weighted by Crippen LogP contribution is -2.38. The maximum Gasteiger partial charge on any atom is 0.271 e. The standard InChI is InChI=1S/C11H20N4O/c1-8(2)4-9(12)5-13-11(16)10-6-15(3)7-14-10/h6-9H,4-5,12H2,1-3H3,(H,13,16). The Morgan fingerprint density at radius 1 is 1.62 bits per heavy atom. The van der Waals surface area contributed by atoms with E-state index in [0.717, 1.165) is 6.42 Å². The first-order valence-electron chi connectivity index (χ1n) is 5.50. The van der Waals surface area contributed by atoms with Crippen molar-refractivity contribution in [1.29, 1.82) is 0 Å². The first-order chi connectivity index (χ1) is 7.49. The van der Waals surface area contributed by atoms with Crippen LogP contribution in [0.2, 0.25) is 0 Å². The normalized spacial score (nSPS) is 12.8. The van der Waals surface area contributed by atoms with Crippen molar-refractivity contribution in [2.24, 2.45) is 18.7 Å². The molecular weight excluding hydrogens is 204 g/mol. The molecule has 1 unspecified atom stereocenters. The number of nitrogens with zero attached hydrogens (tertiary/aromatic N) is 2. The Hall–Kier alpha value is -1.36. The van der Waals surface area contributed by atoms with Gasteiger partial charge in [0.2, 0.25) is 0 Å². The highest BCUT2D eigenvalue weighted by Crippen LogP contribution is 2.02. The van der Waals surface area contributed by atoms with Crippen LogP contribution < -0.4 is 11.1 Å². The fourth-order valence-corrected chi connectivity index (χ4v) is 1.53. The van der Waals surface area contributed by atoms with E-state index in [1.54, 1.807) is 17.1 Å². The summed E-state index contributed by atoms with van der Waals surface area (Å²) in [5, 5.41) is 2.78. The molecule has 0 aliphatic carbocycles. The molecule has 0 saturated carbocycles. The van der Waals surface area contributed by atoms with Gasteiger partial charge < -0.3 is 15.6 Å². The zero-order chi connectivity index (χ0) is 12.1. The smallest absolute Gasteiger partial charge is 0.271 e. The van der Waals surface area contributed by atoms with Crippen molar-refractivity contribution in [2.75, 3.05) is 6.54 Å². The van der Waals surface area contributed by atoms with Crippen molar-refractivity contribution in [3.8, 4) is 0 Å². The number of aryl methyl sites for hydroxylation is 1. The molecule has 1 rings (SSSR count). The van der Waals surface area contributed by atoms with E-state index in [0.29, 0.717) is 18.2 Å². The zero-order valence-corrected chi connectivity index (χ0v) is 10.1. The molecule has 5 heteroatoms. The van der Waals surface area contributed by atoms with Crippen LogP contribution in [0.25, 0.3) is 0 Å². The third-order valence-electron chi connectivity index (χ3n) is 2.24. The van der Waals surface area contributed by atoms with Gasteiger partial charge in [0, 0.05) is 25.8 Å². The van der Waals surface area contributed by atoms with Crippen LogP contribution in [-0.4, -0.2) is 28.0 Å². The first kappa shape index (κ1) is 12.7. The highest BCUT2D eigenvalue weighted by atomic mass is 16.1. The maximum absolute atomic E-state index is 11.6. The van der Waals surface area contributed by atoms with Crippen LogP contribution >= 0.6 is 0 Å². The van der Waals surface area contributed by atoms with E-state index in [9.17, 15) is 4.79 Å². The molecule has 0 bridgehead atoms. The number of hydrogen-bond donors (Lipinski definition) is 2. The minimum atomic E-state index is -0.167. The average molecular weight is 224 g/mol. The molecule has 1 amide bonds. The fourth-order valence-electron chi connectivity index (χ4n) is 1.53. The summed E-state index contributed by atoms with van der Waals surface area (Å²) in [5.74, 6) is 0.376. The second-order valence-corrected chi connectivity index (χ2v) is 4.52. The highest BCUT2D eigenvalue weighted by molar-refractivity contribution is 5.91. The molecule has 0 aliphatic heterocycles. The number of carbonyl (C=O) groups excluding carboxylic acids is 1. The summed E-state index contributed by atoms with van der Waals surface area (Å²) in [6.07, 6.45) is 4.19. The van der Waals surface area contributed by atoms with Crippen molar-refractivity contribution >= 4 is 5.91 Å². The average Bonchev–Trinajstić information content (AvgIpc) is 2.60. The van der Waals surface area contributed by atoms with Crippen molar-refractivity contribution < 1.29 is 4.79 Å². The SMILES string of the molecule is CC(C)CC(N)CNC(=O)c1cn(C)cn1. The molecule has 1 heterocycles. The number of nitrogens with two attached hydrogens (primary N) is 1. The third kappa shape index (κ3) is 4.02. The largest absolute Gasteiger partial charge is 0.349 e. The lowest BCUT2D eigenvalue weighted by Gasteiger charge is -2.14. The Morgan fingerprint density at radius 3 is 2.81 bits per heavy atom. The van der Waals surface area contributed by atoms with Crippen LogP contribution in [0, 0.1) is 5.92 Å². The molecule has 90 valence electrons. The number of nitrogens with one attached hydrogen (secondary N) is 1. The Balaban J connectivity index is 2.35. The van der Waals surface area contributed by atoms with Crippen molar-refractivity contribution in [2.45, 2.75) is 26.3 Å². The van der Waals surface area contributed by atoms with Crippen LogP contribution in [0.15, 0.2) is 12.5 Å². The minimum absolute atomic E-state index is 0.00709. The third-order valence-corrected chi connectivity index (χ3v) is 2.24. The minimum Gasteiger partial charge on any atom is -0.349 e. The van der Waals surface area contributed by atoms with Gasteiger partial charge in [-0.3, -0.25) is 4.79 Å². The van der Waals surface area contributed by atoms with Gasteiger partial charge >= 0.3 is 0 Å². The predicted molar refractivity (Wildman–Crippen MR) is 63.0 cm³/mol. The summed E-state index contributed by atoms with van der Waals surface area (Å²) in [6, 6.07) is 0.00709. The number of carbonyl (C=O) groups is 1. The number of imidazole rings is 1. The number of amides is 1. The van der Waals surface area contributed by atoms with Crippen molar-refractivity contribution in [1.82, 2.24) is 14.9 Å². The van der Waals surface area contributed by atoms with Gasteiger partial charge in [0.05, 0.1) is 6.33 Å². The highest BCUT2D eigenvalue weighted by Gasteiger charge is 2.11. The zero-order valence-electron chi connectivity index (χ0n) is 10.1. The molecule has 1 aromatic rings. The van der Waals surface area contributed by atoms with Crippen molar-refractivity contribution in [3.05, 3.63) is 18.2 Å². The number of aromatic nitrogens is 2. The molecule has 0 aliphatic rings. The molecule has 5 nitrogen and oxygen atoms in total. The monoisotopic (exact) mass is 224 g/mol. The summed E-state index contributed by atoms with van der Waals surface area (Å²) >= 11 is 0. The fraction of sp³-hybridized carbons (Fsp3) is 0.636. The van der Waals surface area contributed by atoms with Gasteiger partial charge in [-0.25, -0.2) is 4.98 Å². The Morgan fingerprint density at radius 2 is 2.31 bits per heavy atom. The van der Waals surface area contributed by atoms with E-state index in [4.69, 9.17) is 5.73 Å². The van der Waals surface area contributed by atoms with Crippen LogP contribution in [0.5, 0.6) is 0 Å². The van der Waals surface area contributed by atoms with E-state index < -0.39 is 0 Å². The summed E-state index contributed by atoms with van der Waals surface area (Å²) in [7, 11) is 1.83. The van der Waals surface area contributed by atoms with E-state index in [1.807, 2.05) is 7.05 Å².